The van der Waals surface area contributed by atoms with Crippen LogP contribution in [0.5, 0.6) is 0 Å². The van der Waals surface area contributed by atoms with Gasteiger partial charge in [0.2, 0.25) is 0 Å². The van der Waals surface area contributed by atoms with Crippen molar-refractivity contribution in [3.05, 3.63) is 24.3 Å². The summed E-state index contributed by atoms with van der Waals surface area (Å²) in [5.41, 5.74) is 1.39. The predicted molar refractivity (Wildman–Crippen MR) is 72.0 cm³/mol. The second kappa shape index (κ2) is 5.07. The summed E-state index contributed by atoms with van der Waals surface area (Å²) in [6.07, 6.45) is 13.9. The van der Waals surface area contributed by atoms with Gasteiger partial charge in [0.15, 0.2) is 0 Å². The van der Waals surface area contributed by atoms with E-state index in [0.29, 0.717) is 5.92 Å². The number of hydrogen-bond donors (Lipinski definition) is 0. The standard InChI is InChI=1S/C15H23NO/c1-15(2)13-10-8-6-4-5-7-9-12(11-13)14(15)16-17-3/h4-5,7,9,12-13H,6,8,10-11H2,1-3H3/b5-4+,9-7-,16-14+. The van der Waals surface area contributed by atoms with Crippen LogP contribution in [0, 0.1) is 17.3 Å². The van der Waals surface area contributed by atoms with Gasteiger partial charge in [-0.3, -0.25) is 0 Å². The molecule has 2 rings (SSSR count). The van der Waals surface area contributed by atoms with Crippen molar-refractivity contribution < 1.29 is 4.84 Å². The van der Waals surface area contributed by atoms with Crippen LogP contribution in [0.15, 0.2) is 29.5 Å². The molecule has 0 heterocycles. The number of allylic oxidation sites excluding steroid dienone is 4. The number of nitrogens with zero attached hydrogens (tertiary/aromatic N) is 1. The van der Waals surface area contributed by atoms with Gasteiger partial charge in [0.1, 0.15) is 7.11 Å². The molecule has 0 aromatic heterocycles. The Hall–Kier alpha value is -1.05. The molecule has 2 atom stereocenters. The fraction of sp³-hybridized carbons (Fsp3) is 0.667. The summed E-state index contributed by atoms with van der Waals surface area (Å²) in [5, 5.41) is 4.30. The molecule has 0 radical (unpaired) electrons. The first kappa shape index (κ1) is 12.4. The molecule has 2 aliphatic carbocycles. The normalized spacial score (nSPS) is 37.7. The van der Waals surface area contributed by atoms with E-state index in [0.717, 1.165) is 5.92 Å². The fourth-order valence-corrected chi connectivity index (χ4v) is 3.19. The first-order valence-electron chi connectivity index (χ1n) is 6.61. The average molecular weight is 233 g/mol. The molecule has 0 aromatic carbocycles. The largest absolute Gasteiger partial charge is 0.399 e. The van der Waals surface area contributed by atoms with Crippen molar-refractivity contribution in [3.63, 3.8) is 0 Å². The lowest BCUT2D eigenvalue weighted by Crippen LogP contribution is -2.27. The fourth-order valence-electron chi connectivity index (χ4n) is 3.19. The van der Waals surface area contributed by atoms with Crippen molar-refractivity contribution in [2.24, 2.45) is 22.4 Å². The Kier molecular flexibility index (Phi) is 3.70. The Morgan fingerprint density at radius 3 is 2.94 bits per heavy atom. The molecule has 2 bridgehead atoms. The zero-order valence-corrected chi connectivity index (χ0v) is 11.1. The Morgan fingerprint density at radius 2 is 2.18 bits per heavy atom. The Balaban J connectivity index is 2.31. The molecule has 0 amide bonds. The van der Waals surface area contributed by atoms with E-state index in [9.17, 15) is 0 Å². The van der Waals surface area contributed by atoms with Gasteiger partial charge in [0.25, 0.3) is 0 Å². The molecule has 2 heteroatoms. The topological polar surface area (TPSA) is 21.6 Å². The molecule has 94 valence electrons. The van der Waals surface area contributed by atoms with E-state index in [2.05, 4.69) is 43.3 Å². The Labute approximate surface area is 104 Å². The van der Waals surface area contributed by atoms with E-state index in [4.69, 9.17) is 4.84 Å². The highest BCUT2D eigenvalue weighted by atomic mass is 16.6. The summed E-state index contributed by atoms with van der Waals surface area (Å²) in [6.45, 7) is 4.63. The summed E-state index contributed by atoms with van der Waals surface area (Å²) in [6, 6.07) is 0. The van der Waals surface area contributed by atoms with Crippen LogP contribution >= 0.6 is 0 Å². The van der Waals surface area contributed by atoms with Gasteiger partial charge in [-0.15, -0.1) is 0 Å². The van der Waals surface area contributed by atoms with Crippen LogP contribution in [0.3, 0.4) is 0 Å². The van der Waals surface area contributed by atoms with Crippen LogP contribution in [0.4, 0.5) is 0 Å². The van der Waals surface area contributed by atoms with Gasteiger partial charge in [0.05, 0.1) is 5.71 Å². The molecule has 1 fully saturated rings. The summed E-state index contributed by atoms with van der Waals surface area (Å²) in [5.74, 6) is 1.19. The maximum absolute atomic E-state index is 5.05. The number of oxime groups is 1. The lowest BCUT2D eigenvalue weighted by atomic mass is 9.78. The zero-order valence-electron chi connectivity index (χ0n) is 11.1. The van der Waals surface area contributed by atoms with Gasteiger partial charge in [-0.05, 0) is 31.6 Å². The van der Waals surface area contributed by atoms with Crippen LogP contribution in [-0.4, -0.2) is 12.8 Å². The smallest absolute Gasteiger partial charge is 0.106 e. The molecule has 0 saturated heterocycles. The molecule has 0 N–H and O–H groups in total. The Morgan fingerprint density at radius 1 is 1.35 bits per heavy atom. The van der Waals surface area contributed by atoms with E-state index in [1.807, 2.05) is 0 Å². The van der Waals surface area contributed by atoms with Crippen LogP contribution < -0.4 is 0 Å². The quantitative estimate of drug-likeness (QED) is 0.628. The van der Waals surface area contributed by atoms with Crippen molar-refractivity contribution in [1.29, 1.82) is 0 Å². The van der Waals surface area contributed by atoms with Crippen molar-refractivity contribution >= 4 is 5.71 Å². The maximum Gasteiger partial charge on any atom is 0.106 e. The minimum absolute atomic E-state index is 0.176. The van der Waals surface area contributed by atoms with E-state index in [1.54, 1.807) is 7.11 Å². The Bertz CT molecular complexity index is 352. The molecule has 0 aromatic rings. The van der Waals surface area contributed by atoms with Crippen molar-refractivity contribution in [3.8, 4) is 0 Å². The second-order valence-corrected chi connectivity index (χ2v) is 5.66. The van der Waals surface area contributed by atoms with Crippen LogP contribution in [0.1, 0.15) is 39.5 Å². The lowest BCUT2D eigenvalue weighted by molar-refractivity contribution is 0.205. The van der Waals surface area contributed by atoms with Gasteiger partial charge in [-0.2, -0.15) is 0 Å². The second-order valence-electron chi connectivity index (χ2n) is 5.66. The van der Waals surface area contributed by atoms with Gasteiger partial charge in [-0.1, -0.05) is 43.3 Å². The molecule has 0 spiro atoms. The molecule has 2 unspecified atom stereocenters. The van der Waals surface area contributed by atoms with E-state index >= 15 is 0 Å². The summed E-state index contributed by atoms with van der Waals surface area (Å²) < 4.78 is 0. The summed E-state index contributed by atoms with van der Waals surface area (Å²) in [4.78, 5) is 5.05. The van der Waals surface area contributed by atoms with Gasteiger partial charge in [0, 0.05) is 11.3 Å². The van der Waals surface area contributed by atoms with Gasteiger partial charge < -0.3 is 4.84 Å². The number of rotatable bonds is 1. The minimum Gasteiger partial charge on any atom is -0.399 e. The average Bonchev–Trinajstić information content (AvgIpc) is 2.52. The minimum atomic E-state index is 0.176. The van der Waals surface area contributed by atoms with Gasteiger partial charge in [-0.25, -0.2) is 0 Å². The molecule has 0 aliphatic heterocycles. The summed E-state index contributed by atoms with van der Waals surface area (Å²) >= 11 is 0. The van der Waals surface area contributed by atoms with Crippen molar-refractivity contribution in [2.75, 3.05) is 7.11 Å². The predicted octanol–water partition coefficient (Wildman–Crippen LogP) is 3.95. The highest BCUT2D eigenvalue weighted by Crippen LogP contribution is 2.47. The summed E-state index contributed by atoms with van der Waals surface area (Å²) in [7, 11) is 1.65. The third kappa shape index (κ3) is 2.46. The van der Waals surface area contributed by atoms with Gasteiger partial charge >= 0.3 is 0 Å². The van der Waals surface area contributed by atoms with Crippen LogP contribution in [0.25, 0.3) is 0 Å². The first-order valence-corrected chi connectivity index (χ1v) is 6.61. The molecular weight excluding hydrogens is 210 g/mol. The third-order valence-corrected chi connectivity index (χ3v) is 4.27. The monoisotopic (exact) mass is 233 g/mol. The first-order chi connectivity index (χ1) is 8.16. The highest BCUT2D eigenvalue weighted by Gasteiger charge is 2.45. The highest BCUT2D eigenvalue weighted by molar-refractivity contribution is 5.95. The zero-order chi connectivity index (χ0) is 12.3. The van der Waals surface area contributed by atoms with E-state index < -0.39 is 0 Å². The van der Waals surface area contributed by atoms with E-state index in [1.165, 1.54) is 31.4 Å². The van der Waals surface area contributed by atoms with Crippen LogP contribution in [-0.2, 0) is 4.84 Å². The molecule has 17 heavy (non-hydrogen) atoms. The SMILES string of the molecule is CO/N=C1\C2/C=C\C=C\CCCC(C2)C1(C)C. The molecule has 2 nitrogen and oxygen atoms in total. The number of fused-ring (bicyclic) bond motifs is 2. The maximum atomic E-state index is 5.05. The number of hydrogen-bond acceptors (Lipinski definition) is 2. The van der Waals surface area contributed by atoms with Crippen molar-refractivity contribution in [1.82, 2.24) is 0 Å². The third-order valence-electron chi connectivity index (χ3n) is 4.27. The molecule has 1 saturated carbocycles. The van der Waals surface area contributed by atoms with Crippen LogP contribution in [0.2, 0.25) is 0 Å². The lowest BCUT2D eigenvalue weighted by Gasteiger charge is -2.27. The van der Waals surface area contributed by atoms with Crippen molar-refractivity contribution in [2.45, 2.75) is 39.5 Å². The van der Waals surface area contributed by atoms with E-state index in [-0.39, 0.29) is 5.41 Å². The molecule has 2 aliphatic rings. The molecular formula is C15H23NO.